The molecule has 0 aliphatic carbocycles. The van der Waals surface area contributed by atoms with Crippen LogP contribution in [0.3, 0.4) is 0 Å². The minimum absolute atomic E-state index is 0.268. The minimum Gasteiger partial charge on any atom is -0.356 e. The molecule has 4 nitrogen and oxygen atoms in total. The van der Waals surface area contributed by atoms with Crippen LogP contribution in [0, 0.1) is 5.92 Å². The van der Waals surface area contributed by atoms with Gasteiger partial charge in [-0.05, 0) is 18.9 Å². The normalized spacial score (nSPS) is 23.9. The molecule has 2 atom stereocenters. The summed E-state index contributed by atoms with van der Waals surface area (Å²) in [5.74, 6) is 1.44. The van der Waals surface area contributed by atoms with Gasteiger partial charge in [-0.2, -0.15) is 0 Å². The van der Waals surface area contributed by atoms with Crippen molar-refractivity contribution in [2.75, 3.05) is 13.1 Å². The molecule has 0 bridgehead atoms. The molecule has 1 fully saturated rings. The fraction of sp³-hybridized carbons (Fsp3) is 0.438. The lowest BCUT2D eigenvalue weighted by Gasteiger charge is -2.34. The fourth-order valence-corrected chi connectivity index (χ4v) is 2.67. The van der Waals surface area contributed by atoms with Crippen molar-refractivity contribution >= 4 is 0 Å². The van der Waals surface area contributed by atoms with Gasteiger partial charge in [0.2, 0.25) is 0 Å². The van der Waals surface area contributed by atoms with Gasteiger partial charge in [0.15, 0.2) is 5.76 Å². The Morgan fingerprint density at radius 3 is 2.90 bits per heavy atom. The van der Waals surface area contributed by atoms with E-state index >= 15 is 0 Å². The highest BCUT2D eigenvalue weighted by atomic mass is 16.5. The molecule has 0 spiro atoms. The number of nitrogens with two attached hydrogens (primary N) is 1. The molecule has 2 aromatic rings. The topological polar surface area (TPSA) is 55.3 Å². The van der Waals surface area contributed by atoms with Gasteiger partial charge in [-0.15, -0.1) is 0 Å². The molecule has 0 saturated carbocycles. The number of piperidine rings is 1. The average molecular weight is 271 g/mol. The van der Waals surface area contributed by atoms with Crippen molar-refractivity contribution in [3.8, 4) is 11.3 Å². The van der Waals surface area contributed by atoms with E-state index in [1.165, 1.54) is 0 Å². The molecule has 4 heteroatoms. The summed E-state index contributed by atoms with van der Waals surface area (Å²) < 4.78 is 5.43. The molecule has 2 N–H and O–H groups in total. The van der Waals surface area contributed by atoms with E-state index in [0.29, 0.717) is 5.92 Å². The van der Waals surface area contributed by atoms with E-state index in [0.717, 1.165) is 43.1 Å². The van der Waals surface area contributed by atoms with Crippen LogP contribution in [0.1, 0.15) is 19.0 Å². The van der Waals surface area contributed by atoms with Gasteiger partial charge in [0.1, 0.15) is 0 Å². The second kappa shape index (κ2) is 5.77. The van der Waals surface area contributed by atoms with Gasteiger partial charge >= 0.3 is 0 Å². The Hall–Kier alpha value is -1.65. The number of nitrogens with zero attached hydrogens (tertiary/aromatic N) is 2. The first kappa shape index (κ1) is 13.3. The number of hydrogen-bond donors (Lipinski definition) is 1. The standard InChI is InChI=1S/C16H21N3O/c1-12-7-8-19(11-15(12)17)10-14-9-16(20-18-14)13-5-3-2-4-6-13/h2-6,9,12,15H,7-8,10-11,17H2,1H3. The van der Waals surface area contributed by atoms with Crippen LogP contribution in [0.25, 0.3) is 11.3 Å². The van der Waals surface area contributed by atoms with Gasteiger partial charge in [0, 0.05) is 30.8 Å². The lowest BCUT2D eigenvalue weighted by atomic mass is 9.94. The first-order chi connectivity index (χ1) is 9.72. The molecule has 3 rings (SSSR count). The van der Waals surface area contributed by atoms with E-state index in [9.17, 15) is 0 Å². The predicted octanol–water partition coefficient (Wildman–Crippen LogP) is 2.51. The molecule has 2 unspecified atom stereocenters. The number of benzene rings is 1. The summed E-state index contributed by atoms with van der Waals surface area (Å²) in [6.45, 7) is 5.07. The van der Waals surface area contributed by atoms with Crippen LogP contribution in [-0.4, -0.2) is 29.2 Å². The second-order valence-electron chi connectivity index (χ2n) is 5.71. The second-order valence-corrected chi connectivity index (χ2v) is 5.71. The summed E-state index contributed by atoms with van der Waals surface area (Å²) in [6, 6.07) is 12.4. The highest BCUT2D eigenvalue weighted by Crippen LogP contribution is 2.22. The number of aromatic nitrogens is 1. The largest absolute Gasteiger partial charge is 0.356 e. The summed E-state index contributed by atoms with van der Waals surface area (Å²) in [5.41, 5.74) is 8.18. The monoisotopic (exact) mass is 271 g/mol. The summed E-state index contributed by atoms with van der Waals surface area (Å²) in [4.78, 5) is 2.36. The van der Waals surface area contributed by atoms with Crippen molar-refractivity contribution in [3.05, 3.63) is 42.1 Å². The van der Waals surface area contributed by atoms with Gasteiger partial charge in [-0.3, -0.25) is 4.90 Å². The third-order valence-electron chi connectivity index (χ3n) is 4.10. The minimum atomic E-state index is 0.268. The molecule has 1 saturated heterocycles. The summed E-state index contributed by atoms with van der Waals surface area (Å²) in [5, 5.41) is 4.17. The molecule has 20 heavy (non-hydrogen) atoms. The van der Waals surface area contributed by atoms with Crippen molar-refractivity contribution in [1.82, 2.24) is 10.1 Å². The zero-order valence-electron chi connectivity index (χ0n) is 11.8. The molecular weight excluding hydrogens is 250 g/mol. The third kappa shape index (κ3) is 2.92. The van der Waals surface area contributed by atoms with E-state index in [2.05, 4.69) is 17.0 Å². The first-order valence-electron chi connectivity index (χ1n) is 7.21. The van der Waals surface area contributed by atoms with Crippen LogP contribution in [0.5, 0.6) is 0 Å². The lowest BCUT2D eigenvalue weighted by molar-refractivity contribution is 0.159. The Bertz CT molecular complexity index is 552. The Labute approximate surface area is 119 Å². The van der Waals surface area contributed by atoms with E-state index in [-0.39, 0.29) is 6.04 Å². The number of hydrogen-bond acceptors (Lipinski definition) is 4. The van der Waals surface area contributed by atoms with Crippen LogP contribution < -0.4 is 5.73 Å². The number of rotatable bonds is 3. The first-order valence-corrected chi connectivity index (χ1v) is 7.21. The van der Waals surface area contributed by atoms with Crippen LogP contribution in [0.15, 0.2) is 40.9 Å². The fourth-order valence-electron chi connectivity index (χ4n) is 2.67. The molecule has 1 aliphatic rings. The Kier molecular flexibility index (Phi) is 3.85. The van der Waals surface area contributed by atoms with Crippen LogP contribution >= 0.6 is 0 Å². The molecular formula is C16H21N3O. The third-order valence-corrected chi connectivity index (χ3v) is 4.10. The molecule has 0 amide bonds. The van der Waals surface area contributed by atoms with Crippen molar-refractivity contribution in [2.24, 2.45) is 11.7 Å². The van der Waals surface area contributed by atoms with Gasteiger partial charge in [0.05, 0.1) is 5.69 Å². The van der Waals surface area contributed by atoms with Crippen molar-refractivity contribution < 1.29 is 4.52 Å². The van der Waals surface area contributed by atoms with E-state index in [1.54, 1.807) is 0 Å². The molecule has 1 aliphatic heterocycles. The van der Waals surface area contributed by atoms with Crippen LogP contribution in [-0.2, 0) is 6.54 Å². The highest BCUT2D eigenvalue weighted by molar-refractivity contribution is 5.56. The maximum atomic E-state index is 6.13. The van der Waals surface area contributed by atoms with Gasteiger partial charge < -0.3 is 10.3 Å². The SMILES string of the molecule is CC1CCN(Cc2cc(-c3ccccc3)on2)CC1N. The average Bonchev–Trinajstić information content (AvgIpc) is 2.92. The van der Waals surface area contributed by atoms with E-state index in [1.807, 2.05) is 36.4 Å². The maximum absolute atomic E-state index is 6.13. The van der Waals surface area contributed by atoms with Gasteiger partial charge in [-0.25, -0.2) is 0 Å². The lowest BCUT2D eigenvalue weighted by Crippen LogP contribution is -2.47. The van der Waals surface area contributed by atoms with E-state index in [4.69, 9.17) is 10.3 Å². The van der Waals surface area contributed by atoms with E-state index < -0.39 is 0 Å². The summed E-state index contributed by atoms with van der Waals surface area (Å²) in [7, 11) is 0. The van der Waals surface area contributed by atoms with Crippen LogP contribution in [0.2, 0.25) is 0 Å². The van der Waals surface area contributed by atoms with Gasteiger partial charge in [-0.1, -0.05) is 42.4 Å². The number of likely N-dealkylation sites (tertiary alicyclic amines) is 1. The molecule has 2 heterocycles. The Balaban J connectivity index is 1.66. The Morgan fingerprint density at radius 1 is 1.35 bits per heavy atom. The Morgan fingerprint density at radius 2 is 2.15 bits per heavy atom. The van der Waals surface area contributed by atoms with Crippen molar-refractivity contribution in [2.45, 2.75) is 25.9 Å². The summed E-state index contributed by atoms with van der Waals surface area (Å²) in [6.07, 6.45) is 1.16. The quantitative estimate of drug-likeness (QED) is 0.932. The zero-order chi connectivity index (χ0) is 13.9. The van der Waals surface area contributed by atoms with Crippen molar-refractivity contribution in [3.63, 3.8) is 0 Å². The van der Waals surface area contributed by atoms with Crippen molar-refractivity contribution in [1.29, 1.82) is 0 Å². The summed E-state index contributed by atoms with van der Waals surface area (Å²) >= 11 is 0. The molecule has 106 valence electrons. The molecule has 1 aromatic heterocycles. The highest BCUT2D eigenvalue weighted by Gasteiger charge is 2.23. The predicted molar refractivity (Wildman–Crippen MR) is 79.0 cm³/mol. The van der Waals surface area contributed by atoms with Gasteiger partial charge in [0.25, 0.3) is 0 Å². The molecule has 0 radical (unpaired) electrons. The zero-order valence-corrected chi connectivity index (χ0v) is 11.8. The van der Waals surface area contributed by atoms with Crippen LogP contribution in [0.4, 0.5) is 0 Å². The maximum Gasteiger partial charge on any atom is 0.167 e. The smallest absolute Gasteiger partial charge is 0.167 e. The molecule has 1 aromatic carbocycles.